The molecule has 170 valence electrons. The summed E-state index contributed by atoms with van der Waals surface area (Å²) in [4.78, 5) is 9.64. The molecule has 1 unspecified atom stereocenters. The molecular formula is C23H31N7O2. The SMILES string of the molecule is CC.CCN1CNC2=C1NC(n1cc3c(n1)OCc1ccccc1-3)N=C2N1CCOCC1. The molecule has 9 nitrogen and oxygen atoms in total. The van der Waals surface area contributed by atoms with Crippen LogP contribution in [-0.4, -0.2) is 64.9 Å². The molecule has 0 amide bonds. The molecule has 32 heavy (non-hydrogen) atoms. The van der Waals surface area contributed by atoms with Crippen LogP contribution in [0.15, 0.2) is 47.0 Å². The van der Waals surface area contributed by atoms with Crippen LogP contribution in [-0.2, 0) is 11.3 Å². The van der Waals surface area contributed by atoms with E-state index >= 15 is 0 Å². The van der Waals surface area contributed by atoms with E-state index in [0.717, 1.165) is 62.4 Å². The van der Waals surface area contributed by atoms with Crippen molar-refractivity contribution in [3.05, 3.63) is 47.5 Å². The summed E-state index contributed by atoms with van der Waals surface area (Å²) in [7, 11) is 0. The third kappa shape index (κ3) is 3.46. The van der Waals surface area contributed by atoms with E-state index in [-0.39, 0.29) is 6.29 Å². The van der Waals surface area contributed by atoms with Gasteiger partial charge in [-0.2, -0.15) is 0 Å². The summed E-state index contributed by atoms with van der Waals surface area (Å²) in [6.07, 6.45) is 1.70. The number of hydrogen-bond acceptors (Lipinski definition) is 8. The zero-order valence-electron chi connectivity index (χ0n) is 19.0. The van der Waals surface area contributed by atoms with Gasteiger partial charge in [-0.15, -0.1) is 5.10 Å². The van der Waals surface area contributed by atoms with E-state index in [4.69, 9.17) is 19.6 Å². The van der Waals surface area contributed by atoms with Crippen molar-refractivity contribution in [2.24, 2.45) is 4.99 Å². The fourth-order valence-corrected chi connectivity index (χ4v) is 4.44. The van der Waals surface area contributed by atoms with Crippen LogP contribution >= 0.6 is 0 Å². The first kappa shape index (κ1) is 20.7. The molecule has 6 rings (SSSR count). The molecule has 5 heterocycles. The highest BCUT2D eigenvalue weighted by Gasteiger charge is 2.35. The molecule has 4 aliphatic heterocycles. The van der Waals surface area contributed by atoms with E-state index in [9.17, 15) is 0 Å². The topological polar surface area (TPSA) is 79.2 Å². The van der Waals surface area contributed by atoms with Gasteiger partial charge in [0.2, 0.25) is 12.2 Å². The molecule has 1 aromatic heterocycles. The van der Waals surface area contributed by atoms with Crippen molar-refractivity contribution in [3.63, 3.8) is 0 Å². The number of aliphatic imine (C=N–C) groups is 1. The smallest absolute Gasteiger partial charge is 0.241 e. The van der Waals surface area contributed by atoms with E-state index in [2.05, 4.69) is 45.6 Å². The molecule has 0 saturated carbocycles. The Morgan fingerprint density at radius 2 is 1.94 bits per heavy atom. The Morgan fingerprint density at radius 3 is 2.75 bits per heavy atom. The molecule has 1 fully saturated rings. The number of aromatic nitrogens is 2. The van der Waals surface area contributed by atoms with Gasteiger partial charge in [0.25, 0.3) is 0 Å². The minimum atomic E-state index is -0.336. The molecule has 0 radical (unpaired) electrons. The number of fused-ring (bicyclic) bond motifs is 3. The van der Waals surface area contributed by atoms with E-state index in [1.807, 2.05) is 30.8 Å². The molecule has 0 bridgehead atoms. The maximum atomic E-state index is 5.92. The van der Waals surface area contributed by atoms with Crippen molar-refractivity contribution in [2.75, 3.05) is 39.5 Å². The van der Waals surface area contributed by atoms with Gasteiger partial charge in [-0.3, -0.25) is 0 Å². The minimum absolute atomic E-state index is 0.336. The normalized spacial score (nSPS) is 21.2. The summed E-state index contributed by atoms with van der Waals surface area (Å²) < 4.78 is 13.4. The number of morpholine rings is 1. The number of nitrogens with one attached hydrogen (secondary N) is 2. The summed E-state index contributed by atoms with van der Waals surface area (Å²) in [6.45, 7) is 11.5. The van der Waals surface area contributed by atoms with Crippen molar-refractivity contribution in [1.82, 2.24) is 30.2 Å². The molecule has 4 aliphatic rings. The second-order valence-electron chi connectivity index (χ2n) is 7.76. The molecule has 1 atom stereocenters. The molecule has 2 N–H and O–H groups in total. The first-order valence-corrected chi connectivity index (χ1v) is 11.5. The quantitative estimate of drug-likeness (QED) is 0.746. The van der Waals surface area contributed by atoms with Crippen molar-refractivity contribution in [1.29, 1.82) is 0 Å². The standard InChI is InChI=1S/C21H25N7O2.C2H6/c1-2-26-13-22-17-18(26)23-21(24-19(17)27-7-9-29-10-8-27)28-11-16-15-6-4-3-5-14(15)12-30-20(16)25-28;1-2/h3-6,11,21-23H,2,7-10,12-13H2,1H3;1-2H3. The molecule has 0 spiro atoms. The average Bonchev–Trinajstić information content (AvgIpc) is 3.49. The van der Waals surface area contributed by atoms with Crippen LogP contribution in [0.4, 0.5) is 0 Å². The van der Waals surface area contributed by atoms with Crippen molar-refractivity contribution < 1.29 is 9.47 Å². The van der Waals surface area contributed by atoms with Crippen LogP contribution in [0.2, 0.25) is 0 Å². The third-order valence-electron chi connectivity index (χ3n) is 6.05. The van der Waals surface area contributed by atoms with Crippen molar-refractivity contribution in [2.45, 2.75) is 33.7 Å². The second-order valence-corrected chi connectivity index (χ2v) is 7.76. The van der Waals surface area contributed by atoms with Crippen LogP contribution in [0.1, 0.15) is 32.6 Å². The minimum Gasteiger partial charge on any atom is -0.471 e. The van der Waals surface area contributed by atoms with E-state index < -0.39 is 0 Å². The Balaban J connectivity index is 0.00000105. The molecule has 1 saturated heterocycles. The van der Waals surface area contributed by atoms with Gasteiger partial charge in [-0.25, -0.2) is 9.67 Å². The Labute approximate surface area is 188 Å². The highest BCUT2D eigenvalue weighted by molar-refractivity contribution is 5.99. The first-order valence-electron chi connectivity index (χ1n) is 11.5. The fraction of sp³-hybridized carbons (Fsp3) is 0.478. The lowest BCUT2D eigenvalue weighted by Crippen LogP contribution is -2.47. The first-order chi connectivity index (χ1) is 15.8. The van der Waals surface area contributed by atoms with Gasteiger partial charge in [0.05, 0.1) is 25.4 Å². The third-order valence-corrected chi connectivity index (χ3v) is 6.05. The van der Waals surface area contributed by atoms with Crippen LogP contribution in [0.5, 0.6) is 5.88 Å². The van der Waals surface area contributed by atoms with Gasteiger partial charge in [-0.05, 0) is 18.1 Å². The summed E-state index contributed by atoms with van der Waals surface area (Å²) in [5, 5.41) is 11.8. The van der Waals surface area contributed by atoms with Gasteiger partial charge in [0.1, 0.15) is 18.1 Å². The van der Waals surface area contributed by atoms with Gasteiger partial charge >= 0.3 is 0 Å². The average molecular weight is 438 g/mol. The number of ether oxygens (including phenoxy) is 2. The van der Waals surface area contributed by atoms with E-state index in [1.165, 1.54) is 11.1 Å². The lowest BCUT2D eigenvalue weighted by molar-refractivity contribution is 0.0674. The highest BCUT2D eigenvalue weighted by atomic mass is 16.5. The van der Waals surface area contributed by atoms with Gasteiger partial charge in [-0.1, -0.05) is 38.1 Å². The molecule has 1 aromatic carbocycles. The summed E-state index contributed by atoms with van der Waals surface area (Å²) in [5.74, 6) is 2.71. The maximum absolute atomic E-state index is 5.92. The molecule has 9 heteroatoms. The number of nitrogens with zero attached hydrogens (tertiary/aromatic N) is 5. The largest absolute Gasteiger partial charge is 0.471 e. The van der Waals surface area contributed by atoms with Crippen LogP contribution in [0, 0.1) is 0 Å². The number of amidine groups is 1. The molecule has 0 aliphatic carbocycles. The second kappa shape index (κ2) is 8.74. The predicted molar refractivity (Wildman–Crippen MR) is 123 cm³/mol. The van der Waals surface area contributed by atoms with Crippen LogP contribution < -0.4 is 15.4 Å². The van der Waals surface area contributed by atoms with Crippen LogP contribution in [0.25, 0.3) is 11.1 Å². The zero-order valence-corrected chi connectivity index (χ0v) is 19.0. The summed E-state index contributed by atoms with van der Waals surface area (Å²) in [6, 6.07) is 8.32. The fourth-order valence-electron chi connectivity index (χ4n) is 4.44. The maximum Gasteiger partial charge on any atom is 0.241 e. The monoisotopic (exact) mass is 437 g/mol. The van der Waals surface area contributed by atoms with Gasteiger partial charge < -0.3 is 29.9 Å². The number of hydrogen-bond donors (Lipinski definition) is 2. The van der Waals surface area contributed by atoms with Crippen LogP contribution in [0.3, 0.4) is 0 Å². The number of benzene rings is 1. The van der Waals surface area contributed by atoms with E-state index in [0.29, 0.717) is 12.5 Å². The Hall–Kier alpha value is -3.20. The van der Waals surface area contributed by atoms with Crippen molar-refractivity contribution in [3.8, 4) is 17.0 Å². The summed E-state index contributed by atoms with van der Waals surface area (Å²) in [5.41, 5.74) is 4.43. The Bertz CT molecular complexity index is 1040. The predicted octanol–water partition coefficient (Wildman–Crippen LogP) is 2.31. The lowest BCUT2D eigenvalue weighted by Gasteiger charge is -2.34. The molecular weight excluding hydrogens is 406 g/mol. The Kier molecular flexibility index (Phi) is 5.65. The van der Waals surface area contributed by atoms with Crippen molar-refractivity contribution >= 4 is 5.84 Å². The lowest BCUT2D eigenvalue weighted by atomic mass is 10.0. The zero-order chi connectivity index (χ0) is 22.1. The van der Waals surface area contributed by atoms with E-state index in [1.54, 1.807) is 0 Å². The summed E-state index contributed by atoms with van der Waals surface area (Å²) >= 11 is 0. The molecule has 2 aromatic rings. The van der Waals surface area contributed by atoms with Gasteiger partial charge in [0, 0.05) is 25.8 Å². The Morgan fingerprint density at radius 1 is 1.12 bits per heavy atom. The number of rotatable bonds is 2. The highest BCUT2D eigenvalue weighted by Crippen LogP contribution is 2.37. The van der Waals surface area contributed by atoms with Gasteiger partial charge in [0.15, 0.2) is 5.84 Å².